The maximum absolute atomic E-state index is 12.2. The number of hydrogen-bond acceptors (Lipinski definition) is 2. The van der Waals surface area contributed by atoms with Crippen LogP contribution in [0.4, 0.5) is 5.69 Å². The van der Waals surface area contributed by atoms with Gasteiger partial charge in [-0.1, -0.05) is 0 Å². The number of rotatable bonds is 7. The monoisotopic (exact) mass is 344 g/mol. The Morgan fingerprint density at radius 1 is 1.26 bits per heavy atom. The molecule has 0 radical (unpaired) electrons. The molecule has 1 atom stereocenters. The molecular formula is C15H23BrNOS+. The summed E-state index contributed by atoms with van der Waals surface area (Å²) in [6.45, 7) is 8.37. The molecule has 2 nitrogen and oxygen atoms in total. The molecule has 0 amide bonds. The number of anilines is 1. The van der Waals surface area contributed by atoms with Crippen LogP contribution in [0.5, 0.6) is 0 Å². The fourth-order valence-electron chi connectivity index (χ4n) is 1.92. The molecular weight excluding hydrogens is 322 g/mol. The SMILES string of the molecule is CCN(CC)c1ccc(C(=O)C[S+](C)CC)c(Br)c1. The number of nitrogens with zero attached hydrogens (tertiary/aromatic N) is 1. The quantitative estimate of drug-likeness (QED) is 0.554. The standard InChI is InChI=1S/C15H23BrNOS/c1-5-17(6-2)12-8-9-13(14(16)10-12)15(18)11-19(4)7-3/h8-10H,5-7,11H2,1-4H3/q+1. The fraction of sp³-hybridized carbons (Fsp3) is 0.533. The summed E-state index contributed by atoms with van der Waals surface area (Å²) in [5.74, 6) is 1.96. The zero-order chi connectivity index (χ0) is 14.4. The summed E-state index contributed by atoms with van der Waals surface area (Å²) in [6, 6.07) is 6.05. The second kappa shape index (κ2) is 7.95. The van der Waals surface area contributed by atoms with Gasteiger partial charge in [-0.2, -0.15) is 0 Å². The topological polar surface area (TPSA) is 20.3 Å². The third-order valence-corrected chi connectivity index (χ3v) is 5.65. The van der Waals surface area contributed by atoms with E-state index in [0.717, 1.165) is 28.9 Å². The number of hydrogen-bond donors (Lipinski definition) is 0. The molecule has 19 heavy (non-hydrogen) atoms. The first-order chi connectivity index (χ1) is 9.03. The average Bonchev–Trinajstić information content (AvgIpc) is 2.40. The first-order valence-corrected chi connectivity index (χ1v) is 9.46. The number of ketones is 1. The van der Waals surface area contributed by atoms with Crippen LogP contribution in [-0.2, 0) is 10.9 Å². The number of benzene rings is 1. The lowest BCUT2D eigenvalue weighted by Crippen LogP contribution is -2.22. The van der Waals surface area contributed by atoms with Gasteiger partial charge in [0.2, 0.25) is 5.78 Å². The molecule has 0 aliphatic heterocycles. The highest BCUT2D eigenvalue weighted by Crippen LogP contribution is 2.25. The summed E-state index contributed by atoms with van der Waals surface area (Å²) >= 11 is 3.54. The van der Waals surface area contributed by atoms with Gasteiger partial charge in [-0.3, -0.25) is 4.79 Å². The van der Waals surface area contributed by atoms with Gasteiger partial charge in [0, 0.05) is 28.8 Å². The molecule has 1 unspecified atom stereocenters. The summed E-state index contributed by atoms with van der Waals surface area (Å²) in [6.07, 6.45) is 2.15. The molecule has 0 N–H and O–H groups in total. The van der Waals surface area contributed by atoms with Gasteiger partial charge in [-0.05, 0) is 65.8 Å². The van der Waals surface area contributed by atoms with E-state index in [1.165, 1.54) is 5.69 Å². The Morgan fingerprint density at radius 2 is 1.89 bits per heavy atom. The molecule has 0 spiro atoms. The predicted octanol–water partition coefficient (Wildman–Crippen LogP) is 3.75. The lowest BCUT2D eigenvalue weighted by atomic mass is 10.1. The van der Waals surface area contributed by atoms with Gasteiger partial charge in [0.1, 0.15) is 5.75 Å². The number of carbonyl (C=O) groups excluding carboxylic acids is 1. The molecule has 0 bridgehead atoms. The number of Topliss-reactive ketones (excluding diaryl/α,β-unsaturated/α-hetero) is 1. The molecule has 1 aromatic carbocycles. The Morgan fingerprint density at radius 3 is 2.37 bits per heavy atom. The zero-order valence-corrected chi connectivity index (χ0v) is 14.6. The summed E-state index contributed by atoms with van der Waals surface area (Å²) in [5, 5.41) is 0. The van der Waals surface area contributed by atoms with Crippen molar-refractivity contribution in [1.82, 2.24) is 0 Å². The van der Waals surface area contributed by atoms with Crippen molar-refractivity contribution >= 4 is 38.3 Å². The maximum Gasteiger partial charge on any atom is 0.212 e. The molecule has 0 aromatic heterocycles. The van der Waals surface area contributed by atoms with Gasteiger partial charge < -0.3 is 4.90 Å². The first kappa shape index (κ1) is 16.6. The summed E-state index contributed by atoms with van der Waals surface area (Å²) < 4.78 is 0.912. The lowest BCUT2D eigenvalue weighted by molar-refractivity contribution is 0.102. The van der Waals surface area contributed by atoms with Gasteiger partial charge in [-0.25, -0.2) is 0 Å². The van der Waals surface area contributed by atoms with Crippen LogP contribution in [0.25, 0.3) is 0 Å². The van der Waals surface area contributed by atoms with E-state index >= 15 is 0 Å². The second-order valence-electron chi connectivity index (χ2n) is 4.47. The van der Waals surface area contributed by atoms with Crippen molar-refractivity contribution in [1.29, 1.82) is 0 Å². The van der Waals surface area contributed by atoms with Crippen LogP contribution < -0.4 is 4.90 Å². The van der Waals surface area contributed by atoms with Gasteiger partial charge in [0.15, 0.2) is 5.75 Å². The van der Waals surface area contributed by atoms with Gasteiger partial charge in [0.25, 0.3) is 0 Å². The number of carbonyl (C=O) groups is 1. The molecule has 0 fully saturated rings. The maximum atomic E-state index is 12.2. The summed E-state index contributed by atoms with van der Waals surface area (Å²) in [4.78, 5) is 14.5. The van der Waals surface area contributed by atoms with Crippen molar-refractivity contribution in [3.05, 3.63) is 28.2 Å². The minimum absolute atomic E-state index is 0.186. The highest BCUT2D eigenvalue weighted by molar-refractivity contribution is 9.10. The number of halogens is 1. The Kier molecular flexibility index (Phi) is 6.94. The molecule has 1 aromatic rings. The van der Waals surface area contributed by atoms with Crippen molar-refractivity contribution in [2.24, 2.45) is 0 Å². The molecule has 0 saturated heterocycles. The molecule has 1 rings (SSSR count). The third kappa shape index (κ3) is 4.53. The molecule has 0 saturated carbocycles. The van der Waals surface area contributed by atoms with Gasteiger partial charge in [-0.15, -0.1) is 0 Å². The van der Waals surface area contributed by atoms with E-state index in [9.17, 15) is 4.79 Å². The summed E-state index contributed by atoms with van der Waals surface area (Å²) in [7, 11) is 0.186. The minimum Gasteiger partial charge on any atom is -0.372 e. The predicted molar refractivity (Wildman–Crippen MR) is 90.7 cm³/mol. The molecule has 4 heteroatoms. The van der Waals surface area contributed by atoms with Crippen molar-refractivity contribution in [3.8, 4) is 0 Å². The van der Waals surface area contributed by atoms with Crippen LogP contribution in [-0.4, -0.2) is 36.6 Å². The Labute approximate surface area is 128 Å². The molecule has 0 heterocycles. The van der Waals surface area contributed by atoms with E-state index in [1.54, 1.807) is 0 Å². The van der Waals surface area contributed by atoms with Crippen LogP contribution in [0.1, 0.15) is 31.1 Å². The fourth-order valence-corrected chi connectivity index (χ4v) is 3.31. The smallest absolute Gasteiger partial charge is 0.212 e. The highest BCUT2D eigenvalue weighted by atomic mass is 79.9. The zero-order valence-electron chi connectivity index (χ0n) is 12.2. The van der Waals surface area contributed by atoms with Crippen molar-refractivity contribution in [3.63, 3.8) is 0 Å². The Hall–Kier alpha value is -0.480. The van der Waals surface area contributed by atoms with E-state index in [4.69, 9.17) is 0 Å². The van der Waals surface area contributed by atoms with Gasteiger partial charge in [0.05, 0.1) is 6.26 Å². The molecule has 106 valence electrons. The van der Waals surface area contributed by atoms with E-state index in [0.29, 0.717) is 5.75 Å². The van der Waals surface area contributed by atoms with Crippen LogP contribution in [0.15, 0.2) is 22.7 Å². The van der Waals surface area contributed by atoms with Crippen molar-refractivity contribution in [2.75, 3.05) is 35.8 Å². The Balaban J connectivity index is 2.91. The summed E-state index contributed by atoms with van der Waals surface area (Å²) in [5.41, 5.74) is 1.98. The molecule has 0 aliphatic carbocycles. The lowest BCUT2D eigenvalue weighted by Gasteiger charge is -2.21. The largest absolute Gasteiger partial charge is 0.372 e. The van der Waals surface area contributed by atoms with Crippen LogP contribution in [0, 0.1) is 0 Å². The molecule has 0 aliphatic rings. The second-order valence-corrected chi connectivity index (χ2v) is 7.76. The van der Waals surface area contributed by atoms with Crippen molar-refractivity contribution in [2.45, 2.75) is 20.8 Å². The van der Waals surface area contributed by atoms with Crippen molar-refractivity contribution < 1.29 is 4.79 Å². The first-order valence-electron chi connectivity index (χ1n) is 6.70. The van der Waals surface area contributed by atoms with Crippen LogP contribution in [0.2, 0.25) is 0 Å². The average molecular weight is 345 g/mol. The van der Waals surface area contributed by atoms with Crippen LogP contribution >= 0.6 is 15.9 Å². The van der Waals surface area contributed by atoms with E-state index in [-0.39, 0.29) is 16.7 Å². The normalized spacial score (nSPS) is 12.3. The van der Waals surface area contributed by atoms with E-state index < -0.39 is 0 Å². The van der Waals surface area contributed by atoms with Gasteiger partial charge >= 0.3 is 0 Å². The van der Waals surface area contributed by atoms with E-state index in [2.05, 4.69) is 53.9 Å². The Bertz CT molecular complexity index is 432. The highest BCUT2D eigenvalue weighted by Gasteiger charge is 2.19. The van der Waals surface area contributed by atoms with E-state index in [1.807, 2.05) is 12.1 Å². The third-order valence-electron chi connectivity index (χ3n) is 3.25. The minimum atomic E-state index is 0.186. The van der Waals surface area contributed by atoms with Crippen LogP contribution in [0.3, 0.4) is 0 Å².